The van der Waals surface area contributed by atoms with Gasteiger partial charge in [-0.2, -0.15) is 0 Å². The molecule has 3 rings (SSSR count). The third kappa shape index (κ3) is 5.60. The number of nitrogens with one attached hydrogen (secondary N) is 2. The monoisotopic (exact) mass is 419 g/mol. The molecule has 0 radical (unpaired) electrons. The number of hydrogen-bond donors (Lipinski definition) is 2. The van der Waals surface area contributed by atoms with Crippen molar-refractivity contribution in [3.63, 3.8) is 0 Å². The van der Waals surface area contributed by atoms with Crippen molar-refractivity contribution in [2.45, 2.75) is 20.8 Å². The number of nitrogens with zero attached hydrogens (tertiary/aromatic N) is 1. The Hall–Kier alpha value is -3.87. The molecule has 0 spiro atoms. The van der Waals surface area contributed by atoms with E-state index in [0.29, 0.717) is 47.2 Å². The number of benzene rings is 2. The molecule has 31 heavy (non-hydrogen) atoms. The van der Waals surface area contributed by atoms with E-state index in [1.807, 2.05) is 39.0 Å². The van der Waals surface area contributed by atoms with Crippen molar-refractivity contribution < 1.29 is 19.1 Å². The summed E-state index contributed by atoms with van der Waals surface area (Å²) in [6.45, 7) is 6.39. The predicted octanol–water partition coefficient (Wildman–Crippen LogP) is 4.69. The quantitative estimate of drug-likeness (QED) is 0.553. The van der Waals surface area contributed by atoms with Gasteiger partial charge in [0.2, 0.25) is 0 Å². The van der Waals surface area contributed by atoms with Crippen LogP contribution in [0.1, 0.15) is 40.1 Å². The summed E-state index contributed by atoms with van der Waals surface area (Å²) in [5, 5.41) is 5.73. The van der Waals surface area contributed by atoms with E-state index in [4.69, 9.17) is 9.47 Å². The number of anilines is 2. The second kappa shape index (κ2) is 10.2. The van der Waals surface area contributed by atoms with Crippen LogP contribution in [0.4, 0.5) is 11.4 Å². The van der Waals surface area contributed by atoms with E-state index in [0.717, 1.165) is 5.56 Å². The summed E-state index contributed by atoms with van der Waals surface area (Å²) >= 11 is 0. The molecule has 0 atom stereocenters. The number of rotatable bonds is 8. The lowest BCUT2D eigenvalue weighted by Gasteiger charge is -2.18. The van der Waals surface area contributed by atoms with Gasteiger partial charge >= 0.3 is 0 Å². The fourth-order valence-corrected chi connectivity index (χ4v) is 2.98. The second-order valence-corrected chi connectivity index (χ2v) is 6.72. The van der Waals surface area contributed by atoms with E-state index >= 15 is 0 Å². The van der Waals surface area contributed by atoms with Crippen LogP contribution < -0.4 is 20.1 Å². The molecule has 2 N–H and O–H groups in total. The topological polar surface area (TPSA) is 89.5 Å². The molecule has 0 bridgehead atoms. The van der Waals surface area contributed by atoms with Gasteiger partial charge in [0.1, 0.15) is 11.5 Å². The average molecular weight is 419 g/mol. The summed E-state index contributed by atoms with van der Waals surface area (Å²) < 4.78 is 11.4. The van der Waals surface area contributed by atoms with Gasteiger partial charge in [0, 0.05) is 35.7 Å². The Labute approximate surface area is 181 Å². The molecule has 0 saturated heterocycles. The number of hydrogen-bond acceptors (Lipinski definition) is 5. The SMILES string of the molecule is CCOc1cc(NC(=O)c2cccc(C)c2)c(OCC)cc1NC(=O)c1ccncc1. The zero-order valence-electron chi connectivity index (χ0n) is 17.8. The van der Waals surface area contributed by atoms with E-state index < -0.39 is 0 Å². The van der Waals surface area contributed by atoms with Crippen molar-refractivity contribution in [1.82, 2.24) is 4.98 Å². The fraction of sp³-hybridized carbons (Fsp3) is 0.208. The third-order valence-electron chi connectivity index (χ3n) is 4.40. The lowest BCUT2D eigenvalue weighted by Crippen LogP contribution is -2.16. The van der Waals surface area contributed by atoms with Gasteiger partial charge in [0.05, 0.1) is 24.6 Å². The smallest absolute Gasteiger partial charge is 0.255 e. The minimum Gasteiger partial charge on any atom is -0.492 e. The molecule has 1 aromatic heterocycles. The first-order valence-electron chi connectivity index (χ1n) is 10.0. The number of amides is 2. The fourth-order valence-electron chi connectivity index (χ4n) is 2.98. The molecule has 0 unspecified atom stereocenters. The van der Waals surface area contributed by atoms with Crippen molar-refractivity contribution in [3.05, 3.63) is 77.6 Å². The van der Waals surface area contributed by atoms with Crippen molar-refractivity contribution in [2.24, 2.45) is 0 Å². The normalized spacial score (nSPS) is 10.3. The van der Waals surface area contributed by atoms with E-state index in [-0.39, 0.29) is 11.8 Å². The second-order valence-electron chi connectivity index (χ2n) is 6.72. The zero-order valence-corrected chi connectivity index (χ0v) is 17.8. The van der Waals surface area contributed by atoms with Gasteiger partial charge in [-0.25, -0.2) is 0 Å². The Morgan fingerprint density at radius 1 is 0.806 bits per heavy atom. The molecule has 3 aromatic rings. The van der Waals surface area contributed by atoms with Gasteiger partial charge < -0.3 is 20.1 Å². The number of aryl methyl sites for hydroxylation is 1. The van der Waals surface area contributed by atoms with E-state index in [9.17, 15) is 9.59 Å². The van der Waals surface area contributed by atoms with Gasteiger partial charge in [0.15, 0.2) is 0 Å². The highest BCUT2D eigenvalue weighted by atomic mass is 16.5. The first-order chi connectivity index (χ1) is 15.0. The lowest BCUT2D eigenvalue weighted by atomic mass is 10.1. The minimum absolute atomic E-state index is 0.263. The Balaban J connectivity index is 1.93. The summed E-state index contributed by atoms with van der Waals surface area (Å²) in [5.74, 6) is 0.285. The van der Waals surface area contributed by atoms with Gasteiger partial charge in [-0.1, -0.05) is 17.7 Å². The van der Waals surface area contributed by atoms with Gasteiger partial charge in [-0.05, 0) is 45.0 Å². The highest BCUT2D eigenvalue weighted by Gasteiger charge is 2.17. The van der Waals surface area contributed by atoms with Crippen molar-refractivity contribution in [3.8, 4) is 11.5 Å². The summed E-state index contributed by atoms with van der Waals surface area (Å²) in [5.41, 5.74) is 2.89. The predicted molar refractivity (Wildman–Crippen MR) is 120 cm³/mol. The Morgan fingerprint density at radius 3 is 1.87 bits per heavy atom. The van der Waals surface area contributed by atoms with Crippen LogP contribution in [0.5, 0.6) is 11.5 Å². The highest BCUT2D eigenvalue weighted by molar-refractivity contribution is 6.07. The first kappa shape index (κ1) is 21.8. The van der Waals surface area contributed by atoms with Crippen LogP contribution in [0.15, 0.2) is 60.9 Å². The van der Waals surface area contributed by atoms with Crippen LogP contribution in [-0.4, -0.2) is 30.0 Å². The van der Waals surface area contributed by atoms with E-state index in [1.165, 1.54) is 0 Å². The zero-order chi connectivity index (χ0) is 22.2. The molecule has 7 nitrogen and oxygen atoms in total. The van der Waals surface area contributed by atoms with Crippen LogP contribution in [0.2, 0.25) is 0 Å². The Morgan fingerprint density at radius 2 is 1.35 bits per heavy atom. The Kier molecular flexibility index (Phi) is 7.22. The molecular weight excluding hydrogens is 394 g/mol. The molecule has 0 fully saturated rings. The number of aromatic nitrogens is 1. The van der Waals surface area contributed by atoms with Gasteiger partial charge in [-0.3, -0.25) is 14.6 Å². The standard InChI is InChI=1S/C24H25N3O4/c1-4-30-21-15-20(27-24(29)18-8-6-7-16(3)13-18)22(31-5-2)14-19(21)26-23(28)17-9-11-25-12-10-17/h6-15H,4-5H2,1-3H3,(H,26,28)(H,27,29). The van der Waals surface area contributed by atoms with E-state index in [2.05, 4.69) is 15.6 Å². The Bertz CT molecular complexity index is 1070. The van der Waals surface area contributed by atoms with Crippen molar-refractivity contribution in [2.75, 3.05) is 23.8 Å². The average Bonchev–Trinajstić information content (AvgIpc) is 2.77. The molecule has 0 aliphatic carbocycles. The molecule has 1 heterocycles. The van der Waals surface area contributed by atoms with Gasteiger partial charge in [-0.15, -0.1) is 0 Å². The van der Waals surface area contributed by atoms with Crippen LogP contribution in [0.3, 0.4) is 0 Å². The molecule has 0 aliphatic heterocycles. The van der Waals surface area contributed by atoms with Crippen molar-refractivity contribution in [1.29, 1.82) is 0 Å². The maximum atomic E-state index is 12.8. The largest absolute Gasteiger partial charge is 0.492 e. The summed E-state index contributed by atoms with van der Waals surface area (Å²) in [4.78, 5) is 29.3. The number of carbonyl (C=O) groups is 2. The summed E-state index contributed by atoms with van der Waals surface area (Å²) in [7, 11) is 0. The number of ether oxygens (including phenoxy) is 2. The lowest BCUT2D eigenvalue weighted by molar-refractivity contribution is 0.101. The van der Waals surface area contributed by atoms with Crippen molar-refractivity contribution >= 4 is 23.2 Å². The molecular formula is C24H25N3O4. The van der Waals surface area contributed by atoms with Crippen LogP contribution >= 0.6 is 0 Å². The highest BCUT2D eigenvalue weighted by Crippen LogP contribution is 2.37. The summed E-state index contributed by atoms with van der Waals surface area (Å²) in [6, 6.07) is 13.9. The molecule has 2 amide bonds. The molecule has 0 saturated carbocycles. The minimum atomic E-state index is -0.303. The summed E-state index contributed by atoms with van der Waals surface area (Å²) in [6.07, 6.45) is 3.10. The van der Waals surface area contributed by atoms with Gasteiger partial charge in [0.25, 0.3) is 11.8 Å². The molecule has 160 valence electrons. The maximum Gasteiger partial charge on any atom is 0.255 e. The molecule has 2 aromatic carbocycles. The van der Waals surface area contributed by atoms with E-state index in [1.54, 1.807) is 42.7 Å². The molecule has 0 aliphatic rings. The number of pyridine rings is 1. The maximum absolute atomic E-state index is 12.8. The molecule has 7 heteroatoms. The first-order valence-corrected chi connectivity index (χ1v) is 10.0. The number of carbonyl (C=O) groups excluding carboxylic acids is 2. The van der Waals surface area contributed by atoms with Crippen LogP contribution in [0, 0.1) is 6.92 Å². The van der Waals surface area contributed by atoms with Crippen LogP contribution in [0.25, 0.3) is 0 Å². The van der Waals surface area contributed by atoms with Crippen LogP contribution in [-0.2, 0) is 0 Å². The third-order valence-corrected chi connectivity index (χ3v) is 4.40.